The zero-order chi connectivity index (χ0) is 13.1. The zero-order valence-corrected chi connectivity index (χ0v) is 10.1. The number of ether oxygens (including phenoxy) is 1. The molecule has 5 heteroatoms. The minimum absolute atomic E-state index is 0.0389. The van der Waals surface area contributed by atoms with Crippen molar-refractivity contribution < 1.29 is 19.0 Å². The monoisotopic (exact) mass is 253 g/mol. The molecule has 4 nitrogen and oxygen atoms in total. The van der Waals surface area contributed by atoms with Crippen molar-refractivity contribution in [2.24, 2.45) is 5.92 Å². The SMILES string of the molecule is COc1ccc(C(O)CNC(=O)C2CC2)cc1F. The van der Waals surface area contributed by atoms with Gasteiger partial charge >= 0.3 is 0 Å². The van der Waals surface area contributed by atoms with Crippen LogP contribution in [0.2, 0.25) is 0 Å². The molecule has 1 amide bonds. The van der Waals surface area contributed by atoms with Crippen LogP contribution in [-0.2, 0) is 4.79 Å². The molecular formula is C13H16FNO3. The molecule has 1 aromatic carbocycles. The fourth-order valence-electron chi connectivity index (χ4n) is 1.69. The van der Waals surface area contributed by atoms with Crippen LogP contribution in [0.5, 0.6) is 5.75 Å². The minimum atomic E-state index is -0.909. The number of hydrogen-bond acceptors (Lipinski definition) is 3. The number of aliphatic hydroxyl groups is 1. The van der Waals surface area contributed by atoms with Gasteiger partial charge in [-0.2, -0.15) is 0 Å². The second kappa shape index (κ2) is 5.35. The summed E-state index contributed by atoms with van der Waals surface area (Å²) in [5, 5.41) is 12.5. The van der Waals surface area contributed by atoms with E-state index in [0.29, 0.717) is 5.56 Å². The molecule has 0 saturated heterocycles. The van der Waals surface area contributed by atoms with Crippen LogP contribution in [0.15, 0.2) is 18.2 Å². The van der Waals surface area contributed by atoms with Crippen molar-refractivity contribution in [3.05, 3.63) is 29.6 Å². The average molecular weight is 253 g/mol. The first-order valence-electron chi connectivity index (χ1n) is 5.91. The number of carbonyl (C=O) groups excluding carboxylic acids is 1. The lowest BCUT2D eigenvalue weighted by atomic mass is 10.1. The fraction of sp³-hybridized carbons (Fsp3) is 0.462. The molecule has 1 atom stereocenters. The first-order valence-corrected chi connectivity index (χ1v) is 5.91. The maximum Gasteiger partial charge on any atom is 0.223 e. The van der Waals surface area contributed by atoms with Crippen LogP contribution in [-0.4, -0.2) is 24.7 Å². The topological polar surface area (TPSA) is 58.6 Å². The Labute approximate surface area is 105 Å². The standard InChI is InChI=1S/C13H16FNO3/c1-18-12-5-4-9(6-10(12)14)11(16)7-15-13(17)8-2-3-8/h4-6,8,11,16H,2-3,7H2,1H3,(H,15,17). The molecule has 1 aliphatic carbocycles. The van der Waals surface area contributed by atoms with Gasteiger partial charge in [-0.05, 0) is 30.5 Å². The summed E-state index contributed by atoms with van der Waals surface area (Å²) < 4.78 is 18.2. The predicted octanol–water partition coefficient (Wildman–Crippen LogP) is 1.39. The van der Waals surface area contributed by atoms with E-state index in [1.165, 1.54) is 19.2 Å². The zero-order valence-electron chi connectivity index (χ0n) is 10.1. The summed E-state index contributed by atoms with van der Waals surface area (Å²) in [6, 6.07) is 4.25. The van der Waals surface area contributed by atoms with Gasteiger partial charge in [-0.15, -0.1) is 0 Å². The average Bonchev–Trinajstić information content (AvgIpc) is 3.19. The highest BCUT2D eigenvalue weighted by molar-refractivity contribution is 5.80. The Morgan fingerprint density at radius 1 is 1.61 bits per heavy atom. The Kier molecular flexibility index (Phi) is 3.81. The lowest BCUT2D eigenvalue weighted by Gasteiger charge is -2.13. The number of methoxy groups -OCH3 is 1. The molecule has 0 bridgehead atoms. The fourth-order valence-corrected chi connectivity index (χ4v) is 1.69. The molecule has 1 aromatic rings. The third kappa shape index (κ3) is 2.98. The highest BCUT2D eigenvalue weighted by Crippen LogP contribution is 2.29. The lowest BCUT2D eigenvalue weighted by molar-refractivity contribution is -0.122. The Morgan fingerprint density at radius 3 is 2.89 bits per heavy atom. The van der Waals surface area contributed by atoms with Gasteiger partial charge in [0.1, 0.15) is 0 Å². The van der Waals surface area contributed by atoms with Crippen molar-refractivity contribution in [3.63, 3.8) is 0 Å². The second-order valence-electron chi connectivity index (χ2n) is 4.43. The van der Waals surface area contributed by atoms with Crippen LogP contribution in [0.4, 0.5) is 4.39 Å². The molecule has 0 aromatic heterocycles. The van der Waals surface area contributed by atoms with Gasteiger partial charge in [0.15, 0.2) is 11.6 Å². The van der Waals surface area contributed by atoms with Crippen LogP contribution >= 0.6 is 0 Å². The third-order valence-electron chi connectivity index (χ3n) is 2.98. The van der Waals surface area contributed by atoms with E-state index in [-0.39, 0.29) is 24.1 Å². The molecule has 0 heterocycles. The highest BCUT2D eigenvalue weighted by Gasteiger charge is 2.29. The normalized spacial score (nSPS) is 16.2. The van der Waals surface area contributed by atoms with Crippen LogP contribution in [0.1, 0.15) is 24.5 Å². The summed E-state index contributed by atoms with van der Waals surface area (Å²) in [6.07, 6.45) is 0.922. The van der Waals surface area contributed by atoms with Gasteiger partial charge < -0.3 is 15.2 Å². The van der Waals surface area contributed by atoms with E-state index in [4.69, 9.17) is 4.74 Å². The number of carbonyl (C=O) groups is 1. The van der Waals surface area contributed by atoms with Gasteiger partial charge in [-0.1, -0.05) is 6.07 Å². The summed E-state index contributed by atoms with van der Waals surface area (Å²) in [4.78, 5) is 11.4. The van der Waals surface area contributed by atoms with Crippen molar-refractivity contribution >= 4 is 5.91 Å². The molecule has 0 radical (unpaired) electrons. The van der Waals surface area contributed by atoms with Crippen LogP contribution in [0.3, 0.4) is 0 Å². The van der Waals surface area contributed by atoms with E-state index in [9.17, 15) is 14.3 Å². The van der Waals surface area contributed by atoms with E-state index in [2.05, 4.69) is 5.32 Å². The first kappa shape index (κ1) is 12.8. The lowest BCUT2D eigenvalue weighted by Crippen LogP contribution is -2.29. The van der Waals surface area contributed by atoms with Gasteiger partial charge in [-0.3, -0.25) is 4.79 Å². The number of nitrogens with one attached hydrogen (secondary N) is 1. The largest absolute Gasteiger partial charge is 0.494 e. The van der Waals surface area contributed by atoms with Crippen LogP contribution < -0.4 is 10.1 Å². The van der Waals surface area contributed by atoms with E-state index < -0.39 is 11.9 Å². The van der Waals surface area contributed by atoms with Gasteiger partial charge in [0.25, 0.3) is 0 Å². The van der Waals surface area contributed by atoms with Crippen molar-refractivity contribution in [3.8, 4) is 5.75 Å². The Balaban J connectivity index is 1.93. The van der Waals surface area contributed by atoms with Crippen molar-refractivity contribution in [2.45, 2.75) is 18.9 Å². The Morgan fingerprint density at radius 2 is 2.33 bits per heavy atom. The summed E-state index contributed by atoms with van der Waals surface area (Å²) in [5.41, 5.74) is 0.421. The van der Waals surface area contributed by atoms with E-state index >= 15 is 0 Å². The molecule has 2 N–H and O–H groups in total. The van der Waals surface area contributed by atoms with Gasteiger partial charge in [0.05, 0.1) is 13.2 Å². The molecule has 1 unspecified atom stereocenters. The van der Waals surface area contributed by atoms with E-state index in [1.807, 2.05) is 0 Å². The van der Waals surface area contributed by atoms with Gasteiger partial charge in [-0.25, -0.2) is 4.39 Å². The van der Waals surface area contributed by atoms with Crippen LogP contribution in [0.25, 0.3) is 0 Å². The minimum Gasteiger partial charge on any atom is -0.494 e. The predicted molar refractivity (Wildman–Crippen MR) is 63.6 cm³/mol. The molecule has 18 heavy (non-hydrogen) atoms. The number of halogens is 1. The molecule has 0 spiro atoms. The highest BCUT2D eigenvalue weighted by atomic mass is 19.1. The number of benzene rings is 1. The maximum atomic E-state index is 13.4. The number of aliphatic hydroxyl groups excluding tert-OH is 1. The first-order chi connectivity index (χ1) is 8.61. The molecule has 1 aliphatic rings. The summed E-state index contributed by atoms with van der Waals surface area (Å²) in [6.45, 7) is 0.0983. The number of hydrogen-bond donors (Lipinski definition) is 2. The van der Waals surface area contributed by atoms with Crippen molar-refractivity contribution in [2.75, 3.05) is 13.7 Å². The maximum absolute atomic E-state index is 13.4. The van der Waals surface area contributed by atoms with Crippen molar-refractivity contribution in [1.29, 1.82) is 0 Å². The van der Waals surface area contributed by atoms with Gasteiger partial charge in [0, 0.05) is 12.5 Å². The smallest absolute Gasteiger partial charge is 0.223 e. The summed E-state index contributed by atoms with van der Waals surface area (Å²) in [5.74, 6) is -0.330. The molecule has 2 rings (SSSR count). The number of amides is 1. The second-order valence-corrected chi connectivity index (χ2v) is 4.43. The van der Waals surface area contributed by atoms with E-state index in [0.717, 1.165) is 12.8 Å². The van der Waals surface area contributed by atoms with Crippen molar-refractivity contribution in [1.82, 2.24) is 5.32 Å². The molecular weight excluding hydrogens is 237 g/mol. The molecule has 1 saturated carbocycles. The van der Waals surface area contributed by atoms with Crippen LogP contribution in [0, 0.1) is 11.7 Å². The van der Waals surface area contributed by atoms with E-state index in [1.54, 1.807) is 6.07 Å². The number of rotatable bonds is 5. The summed E-state index contributed by atoms with van der Waals surface area (Å²) >= 11 is 0. The molecule has 1 fully saturated rings. The Hall–Kier alpha value is -1.62. The van der Waals surface area contributed by atoms with Gasteiger partial charge in [0.2, 0.25) is 5.91 Å². The third-order valence-corrected chi connectivity index (χ3v) is 2.98. The molecule has 98 valence electrons. The Bertz CT molecular complexity index is 446. The quantitative estimate of drug-likeness (QED) is 0.833. The summed E-state index contributed by atoms with van der Waals surface area (Å²) in [7, 11) is 1.38. The molecule has 0 aliphatic heterocycles.